The number of carbonyl (C=O) groups is 2. The van der Waals surface area contributed by atoms with Crippen LogP contribution in [0.25, 0.3) is 10.9 Å². The van der Waals surface area contributed by atoms with Crippen molar-refractivity contribution in [3.8, 4) is 0 Å². The van der Waals surface area contributed by atoms with Gasteiger partial charge in [0.25, 0.3) is 0 Å². The normalized spacial score (nSPS) is 14.1. The molecule has 1 aliphatic rings. The standard InChI is InChI=1S/C19H18N4O2/c1-22-12-13(14-4-2-3-5-16(14)22)10-19(25)23-9-7-18(24)21-15-6-8-20-11-17(15)23/h2-6,8,11-12H,7,9-10H2,1H3,(H,21,24). The Bertz CT molecular complexity index is 976. The highest BCUT2D eigenvalue weighted by atomic mass is 16.2. The average Bonchev–Trinajstić information content (AvgIpc) is 2.82. The number of hydrogen-bond acceptors (Lipinski definition) is 3. The number of benzene rings is 1. The van der Waals surface area contributed by atoms with Crippen molar-refractivity contribution in [2.24, 2.45) is 7.05 Å². The highest BCUT2D eigenvalue weighted by molar-refractivity contribution is 6.04. The second kappa shape index (κ2) is 6.05. The minimum atomic E-state index is -0.0899. The summed E-state index contributed by atoms with van der Waals surface area (Å²) in [7, 11) is 1.98. The van der Waals surface area contributed by atoms with Crippen LogP contribution in [0.5, 0.6) is 0 Å². The molecule has 0 radical (unpaired) electrons. The molecule has 6 nitrogen and oxygen atoms in total. The zero-order valence-electron chi connectivity index (χ0n) is 13.9. The monoisotopic (exact) mass is 334 g/mol. The van der Waals surface area contributed by atoms with Crippen LogP contribution in [0.15, 0.2) is 48.9 Å². The molecule has 3 heterocycles. The quantitative estimate of drug-likeness (QED) is 0.783. The van der Waals surface area contributed by atoms with Crippen molar-refractivity contribution in [2.45, 2.75) is 12.8 Å². The van der Waals surface area contributed by atoms with Crippen molar-refractivity contribution >= 4 is 34.1 Å². The number of aromatic nitrogens is 2. The van der Waals surface area contributed by atoms with E-state index in [1.54, 1.807) is 23.4 Å². The highest BCUT2D eigenvalue weighted by Gasteiger charge is 2.25. The van der Waals surface area contributed by atoms with Crippen LogP contribution in [0.2, 0.25) is 0 Å². The van der Waals surface area contributed by atoms with Crippen LogP contribution in [-0.4, -0.2) is 27.9 Å². The number of fused-ring (bicyclic) bond motifs is 2. The summed E-state index contributed by atoms with van der Waals surface area (Å²) in [5.41, 5.74) is 3.36. The molecule has 4 rings (SSSR count). The summed E-state index contributed by atoms with van der Waals surface area (Å²) < 4.78 is 2.03. The summed E-state index contributed by atoms with van der Waals surface area (Å²) >= 11 is 0. The zero-order chi connectivity index (χ0) is 17.4. The Hall–Kier alpha value is -3.15. The minimum Gasteiger partial charge on any atom is -0.350 e. The van der Waals surface area contributed by atoms with E-state index in [-0.39, 0.29) is 24.7 Å². The molecule has 0 saturated heterocycles. The number of nitrogens with one attached hydrogen (secondary N) is 1. The number of aryl methyl sites for hydroxylation is 1. The fourth-order valence-electron chi connectivity index (χ4n) is 3.34. The summed E-state index contributed by atoms with van der Waals surface area (Å²) in [6.07, 6.45) is 5.79. The third-order valence-electron chi connectivity index (χ3n) is 4.55. The fourth-order valence-corrected chi connectivity index (χ4v) is 3.34. The van der Waals surface area contributed by atoms with E-state index >= 15 is 0 Å². The molecule has 0 bridgehead atoms. The first kappa shape index (κ1) is 15.4. The molecular weight excluding hydrogens is 316 g/mol. The molecule has 0 unspecified atom stereocenters. The predicted molar refractivity (Wildman–Crippen MR) is 96.5 cm³/mol. The Balaban J connectivity index is 1.68. The molecule has 0 atom stereocenters. The molecule has 25 heavy (non-hydrogen) atoms. The molecular formula is C19H18N4O2. The van der Waals surface area contributed by atoms with E-state index in [0.717, 1.165) is 16.5 Å². The van der Waals surface area contributed by atoms with Crippen molar-refractivity contribution in [3.63, 3.8) is 0 Å². The Morgan fingerprint density at radius 2 is 2.12 bits per heavy atom. The molecule has 3 aromatic rings. The van der Waals surface area contributed by atoms with E-state index in [2.05, 4.69) is 10.3 Å². The van der Waals surface area contributed by atoms with Crippen LogP contribution in [0.3, 0.4) is 0 Å². The number of pyridine rings is 1. The third kappa shape index (κ3) is 2.76. The topological polar surface area (TPSA) is 67.2 Å². The zero-order valence-corrected chi connectivity index (χ0v) is 13.9. The number of amides is 2. The van der Waals surface area contributed by atoms with Crippen molar-refractivity contribution < 1.29 is 9.59 Å². The smallest absolute Gasteiger partial charge is 0.231 e. The molecule has 1 N–H and O–H groups in total. The molecule has 0 saturated carbocycles. The van der Waals surface area contributed by atoms with E-state index in [1.165, 1.54) is 0 Å². The SMILES string of the molecule is Cn1cc(CC(=O)N2CCC(=O)Nc3ccncc32)c2ccccc21. The fraction of sp³-hybridized carbons (Fsp3) is 0.211. The summed E-state index contributed by atoms with van der Waals surface area (Å²) in [5, 5.41) is 3.91. The first-order valence-corrected chi connectivity index (χ1v) is 8.20. The number of rotatable bonds is 2. The van der Waals surface area contributed by atoms with Gasteiger partial charge >= 0.3 is 0 Å². The van der Waals surface area contributed by atoms with Gasteiger partial charge in [-0.05, 0) is 17.7 Å². The Kier molecular flexibility index (Phi) is 3.72. The van der Waals surface area contributed by atoms with Crippen LogP contribution in [0.4, 0.5) is 11.4 Å². The number of anilines is 2. The van der Waals surface area contributed by atoms with Crippen LogP contribution in [-0.2, 0) is 23.1 Å². The van der Waals surface area contributed by atoms with E-state index in [9.17, 15) is 9.59 Å². The van der Waals surface area contributed by atoms with Gasteiger partial charge in [-0.25, -0.2) is 0 Å². The summed E-state index contributed by atoms with van der Waals surface area (Å²) in [4.78, 5) is 30.6. The summed E-state index contributed by atoms with van der Waals surface area (Å²) in [6.45, 7) is 0.355. The van der Waals surface area contributed by atoms with E-state index in [4.69, 9.17) is 0 Å². The van der Waals surface area contributed by atoms with Crippen molar-refractivity contribution in [3.05, 3.63) is 54.5 Å². The Morgan fingerprint density at radius 3 is 3.00 bits per heavy atom. The molecule has 0 fully saturated rings. The second-order valence-corrected chi connectivity index (χ2v) is 6.20. The maximum absolute atomic E-state index is 13.0. The van der Waals surface area contributed by atoms with E-state index in [0.29, 0.717) is 17.9 Å². The van der Waals surface area contributed by atoms with Gasteiger partial charge in [0, 0.05) is 43.3 Å². The van der Waals surface area contributed by atoms with Gasteiger partial charge in [0.05, 0.1) is 24.0 Å². The van der Waals surface area contributed by atoms with Crippen LogP contribution < -0.4 is 10.2 Å². The first-order chi connectivity index (χ1) is 12.1. The first-order valence-electron chi connectivity index (χ1n) is 8.20. The van der Waals surface area contributed by atoms with E-state index < -0.39 is 0 Å². The van der Waals surface area contributed by atoms with Gasteiger partial charge in [-0.15, -0.1) is 0 Å². The molecule has 0 aliphatic carbocycles. The van der Waals surface area contributed by atoms with Gasteiger partial charge in [0.2, 0.25) is 11.8 Å². The second-order valence-electron chi connectivity index (χ2n) is 6.20. The minimum absolute atomic E-state index is 0.0397. The van der Waals surface area contributed by atoms with Gasteiger partial charge in [-0.2, -0.15) is 0 Å². The number of nitrogens with zero attached hydrogens (tertiary/aromatic N) is 3. The van der Waals surface area contributed by atoms with Gasteiger partial charge in [-0.3, -0.25) is 14.6 Å². The van der Waals surface area contributed by atoms with Crippen LogP contribution in [0.1, 0.15) is 12.0 Å². The largest absolute Gasteiger partial charge is 0.350 e. The molecule has 1 aliphatic heterocycles. The molecule has 126 valence electrons. The van der Waals surface area contributed by atoms with Gasteiger partial charge in [0.15, 0.2) is 0 Å². The third-order valence-corrected chi connectivity index (χ3v) is 4.55. The summed E-state index contributed by atoms with van der Waals surface area (Å²) in [5.74, 6) is -0.130. The van der Waals surface area contributed by atoms with E-state index in [1.807, 2.05) is 42.1 Å². The highest BCUT2D eigenvalue weighted by Crippen LogP contribution is 2.29. The lowest BCUT2D eigenvalue weighted by atomic mass is 10.1. The van der Waals surface area contributed by atoms with Gasteiger partial charge in [-0.1, -0.05) is 18.2 Å². The lowest BCUT2D eigenvalue weighted by Crippen LogP contribution is -2.33. The summed E-state index contributed by atoms with van der Waals surface area (Å²) in [6, 6.07) is 9.75. The Labute approximate surface area is 145 Å². The maximum Gasteiger partial charge on any atom is 0.231 e. The maximum atomic E-state index is 13.0. The lowest BCUT2D eigenvalue weighted by Gasteiger charge is -2.21. The Morgan fingerprint density at radius 1 is 1.28 bits per heavy atom. The molecule has 1 aromatic carbocycles. The predicted octanol–water partition coefficient (Wildman–Crippen LogP) is 2.49. The lowest BCUT2D eigenvalue weighted by molar-refractivity contribution is -0.118. The molecule has 0 spiro atoms. The average molecular weight is 334 g/mol. The number of para-hydroxylation sites is 1. The van der Waals surface area contributed by atoms with Gasteiger partial charge < -0.3 is 14.8 Å². The molecule has 2 amide bonds. The van der Waals surface area contributed by atoms with Crippen LogP contribution in [0, 0.1) is 0 Å². The molecule has 6 heteroatoms. The van der Waals surface area contributed by atoms with Crippen LogP contribution >= 0.6 is 0 Å². The molecule has 2 aromatic heterocycles. The number of carbonyl (C=O) groups excluding carboxylic acids is 2. The van der Waals surface area contributed by atoms with Gasteiger partial charge in [0.1, 0.15) is 0 Å². The van der Waals surface area contributed by atoms with Crippen molar-refractivity contribution in [1.29, 1.82) is 0 Å². The van der Waals surface area contributed by atoms with Crippen molar-refractivity contribution in [2.75, 3.05) is 16.8 Å². The number of hydrogen-bond donors (Lipinski definition) is 1. The van der Waals surface area contributed by atoms with Crippen molar-refractivity contribution in [1.82, 2.24) is 9.55 Å².